The van der Waals surface area contributed by atoms with E-state index in [-0.39, 0.29) is 5.54 Å². The van der Waals surface area contributed by atoms with E-state index in [0.717, 1.165) is 18.0 Å². The van der Waals surface area contributed by atoms with Crippen LogP contribution in [-0.2, 0) is 0 Å². The summed E-state index contributed by atoms with van der Waals surface area (Å²) < 4.78 is 5.27. The smallest absolute Gasteiger partial charge is 0.122 e. The third-order valence-electron chi connectivity index (χ3n) is 2.69. The average Bonchev–Trinajstić information content (AvgIpc) is 2.19. The number of benzene rings is 1. The summed E-state index contributed by atoms with van der Waals surface area (Å²) in [5.74, 6) is 0.926. The average molecular weight is 222 g/mol. The van der Waals surface area contributed by atoms with Gasteiger partial charge in [0.25, 0.3) is 0 Å². The highest BCUT2D eigenvalue weighted by Gasteiger charge is 2.12. The van der Waals surface area contributed by atoms with Gasteiger partial charge in [0, 0.05) is 17.8 Å². The molecule has 1 aromatic carbocycles. The first-order valence-electron chi connectivity index (χ1n) is 5.52. The highest BCUT2D eigenvalue weighted by molar-refractivity contribution is 5.58. The van der Waals surface area contributed by atoms with Crippen LogP contribution in [0.15, 0.2) is 12.1 Å². The van der Waals surface area contributed by atoms with Crippen LogP contribution in [0.3, 0.4) is 0 Å². The molecule has 0 saturated heterocycles. The van der Waals surface area contributed by atoms with Crippen molar-refractivity contribution in [3.8, 4) is 5.75 Å². The normalized spacial score (nSPS) is 11.4. The maximum Gasteiger partial charge on any atom is 0.122 e. The molecule has 0 aromatic heterocycles. The fourth-order valence-corrected chi connectivity index (χ4v) is 1.53. The molecule has 0 atom stereocenters. The van der Waals surface area contributed by atoms with Crippen LogP contribution in [0.5, 0.6) is 5.75 Å². The van der Waals surface area contributed by atoms with Gasteiger partial charge in [0.2, 0.25) is 0 Å². The maximum atomic E-state index is 5.94. The van der Waals surface area contributed by atoms with Crippen molar-refractivity contribution in [2.45, 2.75) is 33.2 Å². The first kappa shape index (κ1) is 12.8. The summed E-state index contributed by atoms with van der Waals surface area (Å²) in [5, 5.41) is 3.36. The van der Waals surface area contributed by atoms with Crippen molar-refractivity contribution < 1.29 is 4.74 Å². The molecule has 0 saturated carbocycles. The van der Waals surface area contributed by atoms with Crippen molar-refractivity contribution in [1.29, 1.82) is 0 Å². The molecule has 0 aliphatic heterocycles. The van der Waals surface area contributed by atoms with Crippen LogP contribution in [0.2, 0.25) is 0 Å². The van der Waals surface area contributed by atoms with Gasteiger partial charge in [-0.15, -0.1) is 0 Å². The van der Waals surface area contributed by atoms with Crippen LogP contribution in [-0.4, -0.2) is 19.2 Å². The zero-order valence-electron chi connectivity index (χ0n) is 10.8. The number of methoxy groups -OCH3 is 1. The molecule has 0 spiro atoms. The molecule has 0 bridgehead atoms. The predicted octanol–water partition coefficient (Wildman–Crippen LogP) is 2.46. The van der Waals surface area contributed by atoms with Crippen LogP contribution >= 0.6 is 0 Å². The number of rotatable bonds is 4. The second-order valence-electron chi connectivity index (χ2n) is 4.91. The quantitative estimate of drug-likeness (QED) is 0.822. The lowest BCUT2D eigenvalue weighted by atomic mass is 10.0. The van der Waals surface area contributed by atoms with Crippen LogP contribution in [0.4, 0.5) is 5.69 Å². The topological polar surface area (TPSA) is 47.3 Å². The monoisotopic (exact) mass is 222 g/mol. The molecule has 3 N–H and O–H groups in total. The van der Waals surface area contributed by atoms with Crippen LogP contribution in [0.25, 0.3) is 0 Å². The first-order valence-corrected chi connectivity index (χ1v) is 5.52. The van der Waals surface area contributed by atoms with Crippen molar-refractivity contribution in [3.63, 3.8) is 0 Å². The van der Waals surface area contributed by atoms with Gasteiger partial charge in [-0.25, -0.2) is 0 Å². The molecule has 0 aliphatic carbocycles. The Kier molecular flexibility index (Phi) is 3.81. The lowest BCUT2D eigenvalue weighted by Gasteiger charge is -2.21. The van der Waals surface area contributed by atoms with Crippen molar-refractivity contribution in [3.05, 3.63) is 23.3 Å². The molecular weight excluding hydrogens is 200 g/mol. The van der Waals surface area contributed by atoms with Gasteiger partial charge in [0.05, 0.1) is 7.11 Å². The molecule has 1 rings (SSSR count). The molecule has 0 fully saturated rings. The Morgan fingerprint density at radius 2 is 1.88 bits per heavy atom. The Labute approximate surface area is 98.0 Å². The first-order chi connectivity index (χ1) is 7.35. The van der Waals surface area contributed by atoms with Crippen LogP contribution in [0, 0.1) is 13.8 Å². The molecule has 3 nitrogen and oxygen atoms in total. The molecule has 0 heterocycles. The standard InChI is InChI=1S/C13H22N2O/c1-9-10(2)12(16-5)7-6-11(9)15-8-13(3,4)14/h6-7,15H,8,14H2,1-5H3. The van der Waals surface area contributed by atoms with Crippen LogP contribution in [0.1, 0.15) is 25.0 Å². The number of ether oxygens (including phenoxy) is 1. The van der Waals surface area contributed by atoms with E-state index in [0.29, 0.717) is 0 Å². The largest absolute Gasteiger partial charge is 0.496 e. The van der Waals surface area contributed by atoms with Crippen molar-refractivity contribution in [2.24, 2.45) is 5.73 Å². The van der Waals surface area contributed by atoms with Gasteiger partial charge in [-0.2, -0.15) is 0 Å². The number of anilines is 1. The Morgan fingerprint density at radius 3 is 2.38 bits per heavy atom. The van der Waals surface area contributed by atoms with Crippen molar-refractivity contribution in [1.82, 2.24) is 0 Å². The van der Waals surface area contributed by atoms with Crippen molar-refractivity contribution >= 4 is 5.69 Å². The van der Waals surface area contributed by atoms with Gasteiger partial charge in [-0.3, -0.25) is 0 Å². The fourth-order valence-electron chi connectivity index (χ4n) is 1.53. The van der Waals surface area contributed by atoms with E-state index in [1.165, 1.54) is 11.1 Å². The fraction of sp³-hybridized carbons (Fsp3) is 0.538. The van der Waals surface area contributed by atoms with E-state index in [4.69, 9.17) is 10.5 Å². The third-order valence-corrected chi connectivity index (χ3v) is 2.69. The molecule has 0 unspecified atom stereocenters. The van der Waals surface area contributed by atoms with Gasteiger partial charge in [-0.1, -0.05) is 0 Å². The molecule has 90 valence electrons. The molecule has 1 aromatic rings. The Balaban J connectivity index is 2.87. The maximum absolute atomic E-state index is 5.94. The second-order valence-corrected chi connectivity index (χ2v) is 4.91. The summed E-state index contributed by atoms with van der Waals surface area (Å²) >= 11 is 0. The minimum absolute atomic E-state index is 0.208. The third kappa shape index (κ3) is 3.14. The Hall–Kier alpha value is -1.22. The summed E-state index contributed by atoms with van der Waals surface area (Å²) in [7, 11) is 1.69. The van der Waals surface area contributed by atoms with Gasteiger partial charge in [0.1, 0.15) is 5.75 Å². The molecule has 0 amide bonds. The zero-order chi connectivity index (χ0) is 12.3. The molecule has 0 radical (unpaired) electrons. The highest BCUT2D eigenvalue weighted by atomic mass is 16.5. The minimum atomic E-state index is -0.208. The zero-order valence-corrected chi connectivity index (χ0v) is 10.8. The Morgan fingerprint density at radius 1 is 1.25 bits per heavy atom. The van der Waals surface area contributed by atoms with Gasteiger partial charge >= 0.3 is 0 Å². The van der Waals surface area contributed by atoms with Gasteiger partial charge < -0.3 is 15.8 Å². The lowest BCUT2D eigenvalue weighted by Crippen LogP contribution is -2.39. The molecular formula is C13H22N2O. The summed E-state index contributed by atoms with van der Waals surface area (Å²) in [5.41, 5.74) is 9.23. The molecule has 3 heteroatoms. The highest BCUT2D eigenvalue weighted by Crippen LogP contribution is 2.27. The Bertz CT molecular complexity index is 367. The second kappa shape index (κ2) is 4.74. The summed E-state index contributed by atoms with van der Waals surface area (Å²) in [6.45, 7) is 8.91. The minimum Gasteiger partial charge on any atom is -0.496 e. The van der Waals surface area contributed by atoms with E-state index in [1.54, 1.807) is 7.11 Å². The number of hydrogen-bond acceptors (Lipinski definition) is 3. The summed E-state index contributed by atoms with van der Waals surface area (Å²) in [4.78, 5) is 0. The lowest BCUT2D eigenvalue weighted by molar-refractivity contribution is 0.411. The van der Waals surface area contributed by atoms with E-state index >= 15 is 0 Å². The summed E-state index contributed by atoms with van der Waals surface area (Å²) in [6.07, 6.45) is 0. The number of nitrogens with two attached hydrogens (primary N) is 1. The molecule has 0 aliphatic rings. The molecule has 16 heavy (non-hydrogen) atoms. The van der Waals surface area contributed by atoms with E-state index in [9.17, 15) is 0 Å². The van der Waals surface area contributed by atoms with E-state index < -0.39 is 0 Å². The van der Waals surface area contributed by atoms with E-state index in [1.807, 2.05) is 26.0 Å². The summed E-state index contributed by atoms with van der Waals surface area (Å²) in [6, 6.07) is 4.01. The SMILES string of the molecule is COc1ccc(NCC(C)(C)N)c(C)c1C. The van der Waals surface area contributed by atoms with Gasteiger partial charge in [0.15, 0.2) is 0 Å². The van der Waals surface area contributed by atoms with Crippen LogP contribution < -0.4 is 15.8 Å². The van der Waals surface area contributed by atoms with Crippen molar-refractivity contribution in [2.75, 3.05) is 19.0 Å². The van der Waals surface area contributed by atoms with E-state index in [2.05, 4.69) is 19.2 Å². The number of nitrogens with one attached hydrogen (secondary N) is 1. The van der Waals surface area contributed by atoms with Gasteiger partial charge in [-0.05, 0) is 51.0 Å². The predicted molar refractivity (Wildman–Crippen MR) is 69.2 cm³/mol. The number of hydrogen-bond donors (Lipinski definition) is 2.